The molecule has 3 unspecified atom stereocenters. The number of fused-ring (bicyclic) bond motifs is 1. The van der Waals surface area contributed by atoms with E-state index < -0.39 is 28.7 Å². The van der Waals surface area contributed by atoms with E-state index in [2.05, 4.69) is 27.0 Å². The third-order valence-electron chi connectivity index (χ3n) is 9.10. The van der Waals surface area contributed by atoms with Gasteiger partial charge >= 0.3 is 5.97 Å². The van der Waals surface area contributed by atoms with Crippen LogP contribution in [-0.4, -0.2) is 81.1 Å². The fourth-order valence-corrected chi connectivity index (χ4v) is 9.60. The normalized spacial score (nSPS) is 28.8. The molecule has 1 aromatic carbocycles. The summed E-state index contributed by atoms with van der Waals surface area (Å²) < 4.78 is 4.95. The quantitative estimate of drug-likeness (QED) is 0.174. The average Bonchev–Trinajstić information content (AvgIpc) is 3.57. The summed E-state index contributed by atoms with van der Waals surface area (Å²) in [6.45, 7) is 12.8. The van der Waals surface area contributed by atoms with Crippen LogP contribution in [0.1, 0.15) is 57.9 Å². The highest BCUT2D eigenvalue weighted by Crippen LogP contribution is 2.69. The summed E-state index contributed by atoms with van der Waals surface area (Å²) in [5.41, 5.74) is 0.981. The van der Waals surface area contributed by atoms with E-state index in [1.54, 1.807) is 28.8 Å². The summed E-state index contributed by atoms with van der Waals surface area (Å²) in [7, 11) is 0. The first-order valence-corrected chi connectivity index (χ1v) is 16.1. The van der Waals surface area contributed by atoms with Gasteiger partial charge in [-0.05, 0) is 43.6 Å². The number of carbonyl (C=O) groups is 3. The van der Waals surface area contributed by atoms with Gasteiger partial charge in [-0.25, -0.2) is 0 Å². The Hall–Kier alpha value is -2.58. The second-order valence-corrected chi connectivity index (χ2v) is 13.3. The molecule has 2 amide bonds. The van der Waals surface area contributed by atoms with E-state index in [-0.39, 0.29) is 42.2 Å². The van der Waals surface area contributed by atoms with Crippen LogP contribution in [0.5, 0.6) is 0 Å². The predicted octanol–water partition coefficient (Wildman–Crippen LogP) is 4.64. The lowest BCUT2D eigenvalue weighted by Gasteiger charge is -2.42. The standard InChI is InChI=1S/C33H46N2O5S/c1-5-8-13-18-34(17-7-3)31(38)29-33-23(4)20-26(41-33)27(32(39)40-19-14-9-6-2)28(33)30(37)35(29)25(22-36)21-24-15-11-10-12-16-24/h6-7,10-12,15-16,23,25-29,36H,2-3,5,8-9,13-14,17-22H2,1,4H3/t23?,25-,26-,27+,28+,29?,33?/m1/s1. The number of benzene rings is 1. The minimum absolute atomic E-state index is 0.0486. The summed E-state index contributed by atoms with van der Waals surface area (Å²) in [6, 6.07) is 8.38. The van der Waals surface area contributed by atoms with E-state index in [0.717, 1.165) is 37.7 Å². The van der Waals surface area contributed by atoms with Crippen LogP contribution in [0, 0.1) is 17.8 Å². The molecule has 3 aliphatic heterocycles. The van der Waals surface area contributed by atoms with Gasteiger partial charge in [-0.1, -0.05) is 69.2 Å². The molecule has 8 heteroatoms. The second kappa shape index (κ2) is 14.1. The molecule has 4 rings (SSSR count). The van der Waals surface area contributed by atoms with Crippen LogP contribution in [0.2, 0.25) is 0 Å². The summed E-state index contributed by atoms with van der Waals surface area (Å²) in [4.78, 5) is 46.2. The second-order valence-electron chi connectivity index (χ2n) is 11.7. The molecule has 0 aromatic heterocycles. The molecule has 3 fully saturated rings. The molecule has 7 nitrogen and oxygen atoms in total. The predicted molar refractivity (Wildman–Crippen MR) is 163 cm³/mol. The average molecular weight is 583 g/mol. The number of hydrogen-bond acceptors (Lipinski definition) is 6. The maximum Gasteiger partial charge on any atom is 0.310 e. The van der Waals surface area contributed by atoms with E-state index in [4.69, 9.17) is 4.74 Å². The summed E-state index contributed by atoms with van der Waals surface area (Å²) in [6.07, 6.45) is 9.04. The number of amides is 2. The molecule has 1 aromatic rings. The Morgan fingerprint density at radius 3 is 2.63 bits per heavy atom. The zero-order chi connectivity index (χ0) is 29.6. The van der Waals surface area contributed by atoms with Gasteiger partial charge in [-0.2, -0.15) is 0 Å². The highest BCUT2D eigenvalue weighted by molar-refractivity contribution is 8.02. The number of allylic oxidation sites excluding steroid dienone is 1. The Balaban J connectivity index is 1.74. The van der Waals surface area contributed by atoms with Gasteiger partial charge in [-0.15, -0.1) is 24.9 Å². The van der Waals surface area contributed by atoms with Crippen molar-refractivity contribution < 1.29 is 24.2 Å². The van der Waals surface area contributed by atoms with Crippen molar-refractivity contribution in [2.24, 2.45) is 17.8 Å². The van der Waals surface area contributed by atoms with Crippen LogP contribution >= 0.6 is 11.8 Å². The van der Waals surface area contributed by atoms with Crippen LogP contribution in [0.4, 0.5) is 0 Å². The fraction of sp³-hybridized carbons (Fsp3) is 0.606. The van der Waals surface area contributed by atoms with Gasteiger partial charge in [0.2, 0.25) is 11.8 Å². The third kappa shape index (κ3) is 6.00. The third-order valence-corrected chi connectivity index (χ3v) is 11.2. The van der Waals surface area contributed by atoms with E-state index in [1.807, 2.05) is 35.2 Å². The van der Waals surface area contributed by atoms with Gasteiger partial charge in [0.15, 0.2) is 0 Å². The van der Waals surface area contributed by atoms with Crippen molar-refractivity contribution >= 4 is 29.5 Å². The van der Waals surface area contributed by atoms with Crippen molar-refractivity contribution in [3.8, 4) is 0 Å². The molecule has 3 aliphatic rings. The molecule has 1 N–H and O–H groups in total. The van der Waals surface area contributed by atoms with Crippen LogP contribution in [0.15, 0.2) is 55.6 Å². The van der Waals surface area contributed by atoms with Gasteiger partial charge in [0.05, 0.1) is 35.8 Å². The van der Waals surface area contributed by atoms with E-state index in [0.29, 0.717) is 25.9 Å². The van der Waals surface area contributed by atoms with Crippen molar-refractivity contribution in [2.45, 2.75) is 80.9 Å². The van der Waals surface area contributed by atoms with Gasteiger partial charge in [-0.3, -0.25) is 14.4 Å². The topological polar surface area (TPSA) is 87.1 Å². The monoisotopic (exact) mass is 582 g/mol. The van der Waals surface area contributed by atoms with Crippen molar-refractivity contribution in [1.82, 2.24) is 9.80 Å². The smallest absolute Gasteiger partial charge is 0.310 e. The summed E-state index contributed by atoms with van der Waals surface area (Å²) in [5.74, 6) is -1.87. The molecule has 224 valence electrons. The first kappa shape index (κ1) is 31.4. The van der Waals surface area contributed by atoms with Crippen molar-refractivity contribution in [1.29, 1.82) is 0 Å². The molecule has 41 heavy (non-hydrogen) atoms. The number of aliphatic hydroxyl groups is 1. The number of nitrogens with zero attached hydrogens (tertiary/aromatic N) is 2. The molecule has 2 bridgehead atoms. The van der Waals surface area contributed by atoms with E-state index in [1.165, 1.54) is 0 Å². The number of carbonyl (C=O) groups excluding carboxylic acids is 3. The van der Waals surface area contributed by atoms with Crippen molar-refractivity contribution in [3.05, 3.63) is 61.2 Å². The van der Waals surface area contributed by atoms with E-state index in [9.17, 15) is 19.5 Å². The zero-order valence-electron chi connectivity index (χ0n) is 24.6. The van der Waals surface area contributed by atoms with Gasteiger partial charge in [0.1, 0.15) is 6.04 Å². The molecule has 0 saturated carbocycles. The lowest BCUT2D eigenvalue weighted by atomic mass is 9.66. The minimum Gasteiger partial charge on any atom is -0.465 e. The van der Waals surface area contributed by atoms with Crippen LogP contribution in [0.25, 0.3) is 0 Å². The highest BCUT2D eigenvalue weighted by Gasteiger charge is 2.77. The van der Waals surface area contributed by atoms with Crippen LogP contribution in [0.3, 0.4) is 0 Å². The number of hydrogen-bond donors (Lipinski definition) is 1. The number of aliphatic hydroxyl groups excluding tert-OH is 1. The lowest BCUT2D eigenvalue weighted by molar-refractivity contribution is -0.155. The molecule has 3 heterocycles. The Morgan fingerprint density at radius 2 is 1.98 bits per heavy atom. The summed E-state index contributed by atoms with van der Waals surface area (Å²) >= 11 is 1.65. The maximum absolute atomic E-state index is 14.6. The number of thioether (sulfide) groups is 1. The molecule has 0 radical (unpaired) electrons. The molecular formula is C33H46N2O5S. The fourth-order valence-electron chi connectivity index (χ4n) is 7.21. The lowest BCUT2D eigenvalue weighted by Crippen LogP contribution is -2.59. The van der Waals surface area contributed by atoms with Crippen LogP contribution in [-0.2, 0) is 25.5 Å². The number of esters is 1. The number of ether oxygens (including phenoxy) is 1. The van der Waals surface area contributed by atoms with Gasteiger partial charge in [0, 0.05) is 18.3 Å². The van der Waals surface area contributed by atoms with Crippen molar-refractivity contribution in [3.63, 3.8) is 0 Å². The SMILES string of the molecule is C=CCCCOC(=O)[C@@H]1[C@H]2C(=O)N([C@@H](CO)Cc3ccccc3)C(C(=O)N(CC=C)CCCCC)C23S[C@@H]1CC3C. The minimum atomic E-state index is -0.772. The molecular weight excluding hydrogens is 536 g/mol. The highest BCUT2D eigenvalue weighted by atomic mass is 32.2. The number of rotatable bonds is 16. The van der Waals surface area contributed by atoms with Crippen molar-refractivity contribution in [2.75, 3.05) is 26.3 Å². The van der Waals surface area contributed by atoms with Gasteiger partial charge < -0.3 is 19.6 Å². The first-order valence-electron chi connectivity index (χ1n) is 15.2. The Bertz CT molecular complexity index is 1100. The van der Waals surface area contributed by atoms with Gasteiger partial charge in [0.25, 0.3) is 0 Å². The summed E-state index contributed by atoms with van der Waals surface area (Å²) in [5, 5.41) is 10.6. The Labute approximate surface area is 249 Å². The molecule has 7 atom stereocenters. The Morgan fingerprint density at radius 1 is 1.22 bits per heavy atom. The molecule has 3 saturated heterocycles. The van der Waals surface area contributed by atoms with E-state index >= 15 is 0 Å². The number of unbranched alkanes of at least 4 members (excludes halogenated alkanes) is 3. The zero-order valence-corrected chi connectivity index (χ0v) is 25.4. The molecule has 1 spiro atoms. The Kier molecular flexibility index (Phi) is 10.8. The molecule has 0 aliphatic carbocycles. The largest absolute Gasteiger partial charge is 0.465 e. The van der Waals surface area contributed by atoms with Crippen LogP contribution < -0.4 is 0 Å². The number of likely N-dealkylation sites (tertiary alicyclic amines) is 1. The maximum atomic E-state index is 14.6. The first-order chi connectivity index (χ1) is 19.8.